The summed E-state index contributed by atoms with van der Waals surface area (Å²) in [6.45, 7) is 5.34. The first kappa shape index (κ1) is 15.8. The second-order valence-corrected chi connectivity index (χ2v) is 6.90. The molecule has 0 amide bonds. The van der Waals surface area contributed by atoms with Crippen molar-refractivity contribution in [3.63, 3.8) is 0 Å². The van der Waals surface area contributed by atoms with Gasteiger partial charge in [-0.25, -0.2) is 0 Å². The molecule has 0 saturated carbocycles. The summed E-state index contributed by atoms with van der Waals surface area (Å²) in [4.78, 5) is 2.52. The van der Waals surface area contributed by atoms with E-state index in [9.17, 15) is 0 Å². The molecule has 0 radical (unpaired) electrons. The second-order valence-electron chi connectivity index (χ2n) is 6.90. The first-order valence-electron chi connectivity index (χ1n) is 8.88. The van der Waals surface area contributed by atoms with Gasteiger partial charge < -0.3 is 9.47 Å². The van der Waals surface area contributed by atoms with Crippen LogP contribution in [0.2, 0.25) is 0 Å². The van der Waals surface area contributed by atoms with Gasteiger partial charge in [0, 0.05) is 31.7 Å². The Labute approximate surface area is 144 Å². The molecule has 2 fully saturated rings. The lowest BCUT2D eigenvalue weighted by molar-refractivity contribution is -0.0734. The van der Waals surface area contributed by atoms with Crippen molar-refractivity contribution < 1.29 is 9.47 Å². The van der Waals surface area contributed by atoms with E-state index in [1.165, 1.54) is 11.1 Å². The van der Waals surface area contributed by atoms with Crippen LogP contribution in [0.3, 0.4) is 0 Å². The molecule has 2 aliphatic rings. The zero-order valence-corrected chi connectivity index (χ0v) is 14.1. The summed E-state index contributed by atoms with van der Waals surface area (Å²) in [5.74, 6) is 0. The highest BCUT2D eigenvalue weighted by molar-refractivity contribution is 5.29. The van der Waals surface area contributed by atoms with Crippen LogP contribution in [-0.2, 0) is 21.4 Å². The van der Waals surface area contributed by atoms with Gasteiger partial charge in [-0.1, -0.05) is 60.7 Å². The summed E-state index contributed by atoms with van der Waals surface area (Å²) in [5.41, 5.74) is 2.72. The van der Waals surface area contributed by atoms with Crippen molar-refractivity contribution in [2.75, 3.05) is 32.9 Å². The molecule has 3 nitrogen and oxygen atoms in total. The highest BCUT2D eigenvalue weighted by Gasteiger charge is 2.46. The van der Waals surface area contributed by atoms with Crippen LogP contribution >= 0.6 is 0 Å². The summed E-state index contributed by atoms with van der Waals surface area (Å²) < 4.78 is 12.1. The maximum absolute atomic E-state index is 6.27. The molecular weight excluding hydrogens is 298 g/mol. The predicted molar refractivity (Wildman–Crippen MR) is 95.0 cm³/mol. The normalized spacial score (nSPS) is 28.1. The molecule has 0 spiro atoms. The van der Waals surface area contributed by atoms with Crippen LogP contribution < -0.4 is 0 Å². The maximum atomic E-state index is 6.27. The Bertz CT molecular complexity index is 637. The summed E-state index contributed by atoms with van der Waals surface area (Å²) in [7, 11) is 0. The maximum Gasteiger partial charge on any atom is 0.0822 e. The van der Waals surface area contributed by atoms with Crippen molar-refractivity contribution in [1.82, 2.24) is 4.90 Å². The molecule has 126 valence electrons. The first-order chi connectivity index (χ1) is 11.9. The molecule has 2 atom stereocenters. The van der Waals surface area contributed by atoms with Gasteiger partial charge in [-0.3, -0.25) is 4.90 Å². The molecule has 2 aromatic carbocycles. The number of rotatable bonds is 4. The van der Waals surface area contributed by atoms with Crippen molar-refractivity contribution in [2.45, 2.75) is 24.5 Å². The predicted octanol–water partition coefficient (Wildman–Crippen LogP) is 3.25. The molecule has 0 aliphatic carbocycles. The number of hydrogen-bond acceptors (Lipinski definition) is 3. The van der Waals surface area contributed by atoms with Crippen molar-refractivity contribution in [3.8, 4) is 0 Å². The molecular formula is C21H25NO2. The smallest absolute Gasteiger partial charge is 0.0822 e. The van der Waals surface area contributed by atoms with Gasteiger partial charge in [0.2, 0.25) is 0 Å². The van der Waals surface area contributed by atoms with Gasteiger partial charge in [0.15, 0.2) is 0 Å². The fourth-order valence-electron chi connectivity index (χ4n) is 4.04. The molecule has 3 heteroatoms. The monoisotopic (exact) mass is 323 g/mol. The fraction of sp³-hybridized carbons (Fsp3) is 0.429. The van der Waals surface area contributed by atoms with E-state index in [2.05, 4.69) is 65.6 Å². The highest BCUT2D eigenvalue weighted by Crippen LogP contribution is 2.39. The minimum Gasteiger partial charge on any atom is -0.380 e. The SMILES string of the molecule is c1ccc(CN2CCOC(C3(c4ccccc4)CCOC3)C2)cc1. The van der Waals surface area contributed by atoms with Crippen LogP contribution in [0.5, 0.6) is 0 Å². The van der Waals surface area contributed by atoms with Crippen molar-refractivity contribution in [2.24, 2.45) is 0 Å². The topological polar surface area (TPSA) is 21.7 Å². The largest absolute Gasteiger partial charge is 0.380 e. The van der Waals surface area contributed by atoms with Gasteiger partial charge in [0.05, 0.1) is 19.3 Å². The Morgan fingerprint density at radius 3 is 2.42 bits per heavy atom. The average molecular weight is 323 g/mol. The lowest BCUT2D eigenvalue weighted by atomic mass is 9.74. The molecule has 2 saturated heterocycles. The van der Waals surface area contributed by atoms with E-state index in [0.29, 0.717) is 0 Å². The number of benzene rings is 2. The molecule has 2 unspecified atom stereocenters. The minimum absolute atomic E-state index is 0.00336. The third-order valence-corrected chi connectivity index (χ3v) is 5.42. The zero-order valence-electron chi connectivity index (χ0n) is 14.1. The summed E-state index contributed by atoms with van der Waals surface area (Å²) in [5, 5.41) is 0. The van der Waals surface area contributed by atoms with Crippen LogP contribution in [0.15, 0.2) is 60.7 Å². The van der Waals surface area contributed by atoms with E-state index < -0.39 is 0 Å². The van der Waals surface area contributed by atoms with Gasteiger partial charge in [-0.2, -0.15) is 0 Å². The van der Waals surface area contributed by atoms with Crippen LogP contribution in [0.25, 0.3) is 0 Å². The van der Waals surface area contributed by atoms with Gasteiger partial charge >= 0.3 is 0 Å². The van der Waals surface area contributed by atoms with Crippen LogP contribution in [0.4, 0.5) is 0 Å². The molecule has 0 aromatic heterocycles. The van der Waals surface area contributed by atoms with E-state index in [1.54, 1.807) is 0 Å². The lowest BCUT2D eigenvalue weighted by Gasteiger charge is -2.42. The first-order valence-corrected chi connectivity index (χ1v) is 8.88. The van der Waals surface area contributed by atoms with Crippen LogP contribution in [0, 0.1) is 0 Å². The Morgan fingerprint density at radius 1 is 0.958 bits per heavy atom. The lowest BCUT2D eigenvalue weighted by Crippen LogP contribution is -2.53. The fourth-order valence-corrected chi connectivity index (χ4v) is 4.04. The second kappa shape index (κ2) is 7.06. The molecule has 0 bridgehead atoms. The summed E-state index contributed by atoms with van der Waals surface area (Å²) in [6.07, 6.45) is 1.24. The Morgan fingerprint density at radius 2 is 1.71 bits per heavy atom. The van der Waals surface area contributed by atoms with E-state index in [1.807, 2.05) is 0 Å². The molecule has 24 heavy (non-hydrogen) atoms. The number of hydrogen-bond donors (Lipinski definition) is 0. The van der Waals surface area contributed by atoms with E-state index in [-0.39, 0.29) is 11.5 Å². The molecule has 2 heterocycles. The molecule has 2 aliphatic heterocycles. The highest BCUT2D eigenvalue weighted by atomic mass is 16.5. The van der Waals surface area contributed by atoms with E-state index >= 15 is 0 Å². The zero-order chi connectivity index (χ0) is 16.2. The van der Waals surface area contributed by atoms with Crippen molar-refractivity contribution >= 4 is 0 Å². The molecule has 2 aromatic rings. The number of nitrogens with zero attached hydrogens (tertiary/aromatic N) is 1. The van der Waals surface area contributed by atoms with Gasteiger partial charge in [0.1, 0.15) is 0 Å². The average Bonchev–Trinajstić information content (AvgIpc) is 3.15. The molecule has 0 N–H and O–H groups in total. The number of ether oxygens (including phenoxy) is 2. The molecule has 4 rings (SSSR count). The van der Waals surface area contributed by atoms with E-state index in [0.717, 1.165) is 45.9 Å². The Hall–Kier alpha value is -1.68. The van der Waals surface area contributed by atoms with Crippen molar-refractivity contribution in [3.05, 3.63) is 71.8 Å². The van der Waals surface area contributed by atoms with E-state index in [4.69, 9.17) is 9.47 Å². The van der Waals surface area contributed by atoms with Gasteiger partial charge in [-0.05, 0) is 17.5 Å². The summed E-state index contributed by atoms with van der Waals surface area (Å²) in [6, 6.07) is 21.5. The Balaban J connectivity index is 1.53. The summed E-state index contributed by atoms with van der Waals surface area (Å²) >= 11 is 0. The minimum atomic E-state index is -0.00336. The standard InChI is InChI=1S/C21H25NO2/c1-3-7-18(8-4-1)15-22-12-14-24-20(16-22)21(11-13-23-17-21)19-9-5-2-6-10-19/h1-10,20H,11-17H2. The van der Waals surface area contributed by atoms with Crippen LogP contribution in [-0.4, -0.2) is 43.9 Å². The third-order valence-electron chi connectivity index (χ3n) is 5.42. The van der Waals surface area contributed by atoms with Crippen LogP contribution in [0.1, 0.15) is 17.5 Å². The Kier molecular flexibility index (Phi) is 4.65. The van der Waals surface area contributed by atoms with Gasteiger partial charge in [0.25, 0.3) is 0 Å². The van der Waals surface area contributed by atoms with Gasteiger partial charge in [-0.15, -0.1) is 0 Å². The number of morpholine rings is 1. The van der Waals surface area contributed by atoms with Crippen molar-refractivity contribution in [1.29, 1.82) is 0 Å². The third kappa shape index (κ3) is 3.12. The quantitative estimate of drug-likeness (QED) is 0.862.